The number of aryl methyl sites for hydroxylation is 1. The molecule has 1 aromatic rings. The molecular weight excluding hydrogens is 282 g/mol. The van der Waals surface area contributed by atoms with Gasteiger partial charge in [0.15, 0.2) is 4.34 Å². The molecule has 7 heteroatoms. The van der Waals surface area contributed by atoms with E-state index in [-0.39, 0.29) is 23.5 Å². The summed E-state index contributed by atoms with van der Waals surface area (Å²) in [6, 6.07) is 0. The molecule has 1 heterocycles. The number of nitrogens with zero attached hydrogens (tertiary/aromatic N) is 1. The van der Waals surface area contributed by atoms with Crippen LogP contribution in [-0.4, -0.2) is 28.6 Å². The maximum atomic E-state index is 11.7. The first-order valence-electron chi connectivity index (χ1n) is 6.13. The van der Waals surface area contributed by atoms with Gasteiger partial charge in [0.1, 0.15) is 0 Å². The Labute approximate surface area is 121 Å². The van der Waals surface area contributed by atoms with Gasteiger partial charge in [0.05, 0.1) is 17.4 Å². The average Bonchev–Trinajstić information content (AvgIpc) is 2.65. The minimum Gasteiger partial charge on any atom is -0.369 e. The molecule has 1 rings (SSSR count). The van der Waals surface area contributed by atoms with Crippen molar-refractivity contribution in [1.29, 1.82) is 0 Å². The van der Waals surface area contributed by atoms with Crippen molar-refractivity contribution in [2.45, 2.75) is 43.2 Å². The molecule has 1 atom stereocenters. The predicted octanol–water partition coefficient (Wildman–Crippen LogP) is 1.49. The number of amides is 2. The number of carbonyl (C=O) groups excluding carboxylic acids is 2. The van der Waals surface area contributed by atoms with Crippen molar-refractivity contribution in [1.82, 2.24) is 10.3 Å². The Morgan fingerprint density at radius 1 is 1.53 bits per heavy atom. The molecule has 0 aromatic carbocycles. The van der Waals surface area contributed by atoms with Crippen LogP contribution in [0.4, 0.5) is 0 Å². The first kappa shape index (κ1) is 16.0. The van der Waals surface area contributed by atoms with Crippen molar-refractivity contribution in [3.63, 3.8) is 0 Å². The maximum Gasteiger partial charge on any atom is 0.233 e. The molecule has 3 N–H and O–H groups in total. The molecular formula is C12H19N3O2S2. The van der Waals surface area contributed by atoms with Crippen LogP contribution >= 0.6 is 23.1 Å². The third kappa shape index (κ3) is 5.20. The summed E-state index contributed by atoms with van der Waals surface area (Å²) < 4.78 is 0.799. The lowest BCUT2D eigenvalue weighted by molar-refractivity contribution is -0.120. The van der Waals surface area contributed by atoms with Crippen molar-refractivity contribution in [2.24, 2.45) is 5.73 Å². The number of hydrogen-bond donors (Lipinski definition) is 2. The highest BCUT2D eigenvalue weighted by Gasteiger charge is 2.17. The lowest BCUT2D eigenvalue weighted by Crippen LogP contribution is -2.31. The molecule has 0 bridgehead atoms. The molecule has 0 aliphatic carbocycles. The number of nitrogens with two attached hydrogens (primary N) is 1. The Kier molecular flexibility index (Phi) is 6.30. The monoisotopic (exact) mass is 301 g/mol. The summed E-state index contributed by atoms with van der Waals surface area (Å²) in [4.78, 5) is 27.9. The summed E-state index contributed by atoms with van der Waals surface area (Å²) in [5.41, 5.74) is 5.99. The maximum absolute atomic E-state index is 11.7. The summed E-state index contributed by atoms with van der Waals surface area (Å²) in [5, 5.41) is 2.65. The smallest absolute Gasteiger partial charge is 0.233 e. The SMILES string of the molecule is CCCNC(=O)C(C)Sc1nc(C)c(CC(N)=O)s1. The van der Waals surface area contributed by atoms with Gasteiger partial charge in [0.25, 0.3) is 0 Å². The molecule has 0 aliphatic rings. The zero-order chi connectivity index (χ0) is 14.4. The summed E-state index contributed by atoms with van der Waals surface area (Å²) in [5.74, 6) is -0.354. The standard InChI is InChI=1S/C12H19N3O2S2/c1-4-5-14-11(17)8(3)18-12-15-7(2)9(19-12)6-10(13)16/h8H,4-6H2,1-3H3,(H2,13,16)(H,14,17). The lowest BCUT2D eigenvalue weighted by atomic mass is 10.3. The predicted molar refractivity (Wildman–Crippen MR) is 78.4 cm³/mol. The Bertz CT molecular complexity index is 460. The number of thiazole rings is 1. The highest BCUT2D eigenvalue weighted by molar-refractivity contribution is 8.02. The second kappa shape index (κ2) is 7.49. The van der Waals surface area contributed by atoms with E-state index in [1.807, 2.05) is 20.8 Å². The molecule has 1 aromatic heterocycles. The molecule has 0 fully saturated rings. The molecule has 1 unspecified atom stereocenters. The van der Waals surface area contributed by atoms with Crippen LogP contribution in [0.5, 0.6) is 0 Å². The van der Waals surface area contributed by atoms with Crippen LogP contribution in [0.15, 0.2) is 4.34 Å². The van der Waals surface area contributed by atoms with E-state index in [1.54, 1.807) is 0 Å². The zero-order valence-corrected chi connectivity index (χ0v) is 13.0. The van der Waals surface area contributed by atoms with Crippen LogP contribution in [0.1, 0.15) is 30.8 Å². The van der Waals surface area contributed by atoms with E-state index < -0.39 is 0 Å². The van der Waals surface area contributed by atoms with E-state index in [0.29, 0.717) is 6.54 Å². The fourth-order valence-corrected chi connectivity index (χ4v) is 3.78. The fourth-order valence-electron chi connectivity index (χ4n) is 1.37. The van der Waals surface area contributed by atoms with Crippen molar-refractivity contribution in [3.8, 4) is 0 Å². The number of carbonyl (C=O) groups is 2. The Hall–Kier alpha value is -1.08. The fraction of sp³-hybridized carbons (Fsp3) is 0.583. The van der Waals surface area contributed by atoms with Gasteiger partial charge in [-0.15, -0.1) is 11.3 Å². The van der Waals surface area contributed by atoms with Crippen LogP contribution < -0.4 is 11.1 Å². The molecule has 0 saturated heterocycles. The summed E-state index contributed by atoms with van der Waals surface area (Å²) in [6.07, 6.45) is 1.13. The van der Waals surface area contributed by atoms with Gasteiger partial charge in [-0.3, -0.25) is 9.59 Å². The van der Waals surface area contributed by atoms with Gasteiger partial charge in [0, 0.05) is 11.4 Å². The second-order valence-corrected chi connectivity index (χ2v) is 6.85. The quantitative estimate of drug-likeness (QED) is 0.747. The molecule has 2 amide bonds. The van der Waals surface area contributed by atoms with Crippen LogP contribution in [-0.2, 0) is 16.0 Å². The topological polar surface area (TPSA) is 85.1 Å². The van der Waals surface area contributed by atoms with Crippen molar-refractivity contribution >= 4 is 34.9 Å². The van der Waals surface area contributed by atoms with Gasteiger partial charge in [-0.2, -0.15) is 0 Å². The van der Waals surface area contributed by atoms with Gasteiger partial charge in [-0.1, -0.05) is 18.7 Å². The normalized spacial score (nSPS) is 12.2. The number of primary amides is 1. The number of thioether (sulfide) groups is 1. The largest absolute Gasteiger partial charge is 0.369 e. The van der Waals surface area contributed by atoms with E-state index >= 15 is 0 Å². The first-order valence-corrected chi connectivity index (χ1v) is 7.82. The highest BCUT2D eigenvalue weighted by Crippen LogP contribution is 2.30. The minimum absolute atomic E-state index is 0.0103. The summed E-state index contributed by atoms with van der Waals surface area (Å²) in [6.45, 7) is 6.40. The molecule has 0 spiro atoms. The molecule has 106 valence electrons. The minimum atomic E-state index is -0.364. The lowest BCUT2D eigenvalue weighted by Gasteiger charge is -2.09. The van der Waals surface area contributed by atoms with Gasteiger partial charge in [-0.25, -0.2) is 4.98 Å². The first-order chi connectivity index (χ1) is 8.93. The van der Waals surface area contributed by atoms with Gasteiger partial charge < -0.3 is 11.1 Å². The number of hydrogen-bond acceptors (Lipinski definition) is 5. The molecule has 5 nitrogen and oxygen atoms in total. The highest BCUT2D eigenvalue weighted by atomic mass is 32.2. The van der Waals surface area contributed by atoms with E-state index in [1.165, 1.54) is 23.1 Å². The van der Waals surface area contributed by atoms with Crippen LogP contribution in [0.25, 0.3) is 0 Å². The van der Waals surface area contributed by atoms with Crippen molar-refractivity contribution in [3.05, 3.63) is 10.6 Å². The Balaban J connectivity index is 2.61. The Morgan fingerprint density at radius 3 is 2.79 bits per heavy atom. The van der Waals surface area contributed by atoms with Crippen molar-refractivity contribution in [2.75, 3.05) is 6.54 Å². The van der Waals surface area contributed by atoms with Crippen molar-refractivity contribution < 1.29 is 9.59 Å². The van der Waals surface area contributed by atoms with E-state index in [9.17, 15) is 9.59 Å². The number of aromatic nitrogens is 1. The average molecular weight is 301 g/mol. The number of nitrogens with one attached hydrogen (secondary N) is 1. The van der Waals surface area contributed by atoms with E-state index in [4.69, 9.17) is 5.73 Å². The molecule has 0 radical (unpaired) electrons. The van der Waals surface area contributed by atoms with Crippen LogP contribution in [0, 0.1) is 6.92 Å². The summed E-state index contributed by atoms with van der Waals surface area (Å²) >= 11 is 2.84. The molecule has 0 aliphatic heterocycles. The van der Waals surface area contributed by atoms with E-state index in [2.05, 4.69) is 10.3 Å². The summed E-state index contributed by atoms with van der Waals surface area (Å²) in [7, 11) is 0. The third-order valence-electron chi connectivity index (χ3n) is 2.40. The number of rotatable bonds is 7. The Morgan fingerprint density at radius 2 is 2.21 bits per heavy atom. The van der Waals surface area contributed by atoms with Crippen LogP contribution in [0.2, 0.25) is 0 Å². The van der Waals surface area contributed by atoms with Gasteiger partial charge in [-0.05, 0) is 20.3 Å². The molecule has 0 saturated carbocycles. The van der Waals surface area contributed by atoms with Crippen LogP contribution in [0.3, 0.4) is 0 Å². The third-order valence-corrected chi connectivity index (χ3v) is 4.76. The van der Waals surface area contributed by atoms with E-state index in [0.717, 1.165) is 21.3 Å². The zero-order valence-electron chi connectivity index (χ0n) is 11.4. The van der Waals surface area contributed by atoms with Gasteiger partial charge in [0.2, 0.25) is 11.8 Å². The van der Waals surface area contributed by atoms with Gasteiger partial charge >= 0.3 is 0 Å². The second-order valence-electron chi connectivity index (χ2n) is 4.18. The molecule has 19 heavy (non-hydrogen) atoms.